The monoisotopic (exact) mass is 466 g/mol. The molecule has 1 aromatic heterocycles. The fourth-order valence-corrected chi connectivity index (χ4v) is 9.35. The van der Waals surface area contributed by atoms with Crippen molar-refractivity contribution >= 4 is 16.7 Å². The molecule has 4 fully saturated rings. The van der Waals surface area contributed by atoms with Crippen molar-refractivity contribution in [2.75, 3.05) is 0 Å². The van der Waals surface area contributed by atoms with Crippen LogP contribution in [0.3, 0.4) is 0 Å². The van der Waals surface area contributed by atoms with Crippen molar-refractivity contribution < 1.29 is 14.3 Å². The highest BCUT2D eigenvalue weighted by atomic mass is 19.1. The second-order valence-corrected chi connectivity index (χ2v) is 13.0. The maximum atomic E-state index is 13.6. The van der Waals surface area contributed by atoms with Gasteiger partial charge in [-0.1, -0.05) is 13.8 Å². The van der Waals surface area contributed by atoms with Gasteiger partial charge in [0.25, 0.3) is 0 Å². The summed E-state index contributed by atoms with van der Waals surface area (Å²) in [5, 5.41) is 16.1. The van der Waals surface area contributed by atoms with Crippen LogP contribution in [0.1, 0.15) is 78.6 Å². The Bertz CT molecular complexity index is 1120. The first-order valence-corrected chi connectivity index (χ1v) is 13.5. The Balaban J connectivity index is 1.20. The largest absolute Gasteiger partial charge is 0.390 e. The number of aromatic nitrogens is 2. The van der Waals surface area contributed by atoms with Crippen molar-refractivity contribution in [2.24, 2.45) is 40.4 Å². The molecule has 1 heterocycles. The van der Waals surface area contributed by atoms with Gasteiger partial charge in [0.05, 0.1) is 17.7 Å². The number of nitrogens with zero attached hydrogens (tertiary/aromatic N) is 2. The highest BCUT2D eigenvalue weighted by molar-refractivity contribution is 5.83. The van der Waals surface area contributed by atoms with Gasteiger partial charge in [0.1, 0.15) is 5.82 Å². The van der Waals surface area contributed by atoms with Crippen LogP contribution in [0.2, 0.25) is 0 Å². The number of Topliss-reactive ketones (excluding diaryl/α,β-unsaturated/α-hetero) is 1. The van der Waals surface area contributed by atoms with Crippen LogP contribution in [-0.4, -0.2) is 26.3 Å². The summed E-state index contributed by atoms with van der Waals surface area (Å²) in [5.74, 6) is 2.82. The first-order chi connectivity index (χ1) is 16.1. The molecule has 4 saturated carbocycles. The maximum Gasteiger partial charge on any atom is 0.157 e. The quantitative estimate of drug-likeness (QED) is 0.590. The number of carbonyl (C=O) groups is 1. The van der Waals surface area contributed by atoms with Crippen LogP contribution in [0.15, 0.2) is 24.4 Å². The van der Waals surface area contributed by atoms with Crippen LogP contribution in [0.4, 0.5) is 4.39 Å². The van der Waals surface area contributed by atoms with Crippen molar-refractivity contribution in [2.45, 2.75) is 90.7 Å². The molecule has 1 N–H and O–H groups in total. The van der Waals surface area contributed by atoms with E-state index in [0.29, 0.717) is 28.6 Å². The number of ketones is 1. The highest BCUT2D eigenvalue weighted by Gasteiger charge is 2.61. The topological polar surface area (TPSA) is 55.1 Å². The number of hydrogen-bond acceptors (Lipinski definition) is 3. The Labute approximate surface area is 202 Å². The third-order valence-corrected chi connectivity index (χ3v) is 11.2. The molecule has 0 aliphatic heterocycles. The van der Waals surface area contributed by atoms with E-state index in [4.69, 9.17) is 0 Å². The lowest BCUT2D eigenvalue weighted by Gasteiger charge is -2.61. The number of benzene rings is 1. The van der Waals surface area contributed by atoms with Gasteiger partial charge >= 0.3 is 0 Å². The predicted molar refractivity (Wildman–Crippen MR) is 131 cm³/mol. The van der Waals surface area contributed by atoms with Crippen LogP contribution in [0.5, 0.6) is 0 Å². The van der Waals surface area contributed by atoms with Crippen LogP contribution >= 0.6 is 0 Å². The van der Waals surface area contributed by atoms with E-state index in [1.54, 1.807) is 10.7 Å². The Kier molecular flexibility index (Phi) is 5.09. The molecule has 0 bridgehead atoms. The zero-order chi connectivity index (χ0) is 23.9. The molecule has 5 heteroatoms. The fraction of sp³-hybridized carbons (Fsp3) is 0.724. The summed E-state index contributed by atoms with van der Waals surface area (Å²) >= 11 is 0. The molecule has 4 aliphatic rings. The minimum atomic E-state index is -0.492. The van der Waals surface area contributed by atoms with E-state index < -0.39 is 5.60 Å². The number of rotatable bonds is 3. The average molecular weight is 467 g/mol. The van der Waals surface area contributed by atoms with E-state index in [2.05, 4.69) is 18.9 Å². The highest BCUT2D eigenvalue weighted by Crippen LogP contribution is 2.68. The zero-order valence-corrected chi connectivity index (χ0v) is 20.9. The molecule has 0 spiro atoms. The summed E-state index contributed by atoms with van der Waals surface area (Å²) in [6, 6.07) is 4.61. The summed E-state index contributed by atoms with van der Waals surface area (Å²) in [7, 11) is 0. The molecule has 184 valence electrons. The zero-order valence-electron chi connectivity index (χ0n) is 20.9. The Morgan fingerprint density at radius 2 is 1.85 bits per heavy atom. The van der Waals surface area contributed by atoms with Gasteiger partial charge in [0, 0.05) is 23.6 Å². The molecule has 34 heavy (non-hydrogen) atoms. The van der Waals surface area contributed by atoms with Crippen LogP contribution < -0.4 is 0 Å². The molecule has 2 aromatic rings. The van der Waals surface area contributed by atoms with Crippen molar-refractivity contribution in [1.82, 2.24) is 9.78 Å². The fourth-order valence-electron chi connectivity index (χ4n) is 9.35. The van der Waals surface area contributed by atoms with E-state index in [-0.39, 0.29) is 23.7 Å². The second kappa shape index (κ2) is 7.62. The van der Waals surface area contributed by atoms with Crippen LogP contribution in [-0.2, 0) is 11.3 Å². The third kappa shape index (κ3) is 3.40. The molecule has 0 amide bonds. The Hall–Kier alpha value is -1.75. The van der Waals surface area contributed by atoms with Crippen LogP contribution in [0, 0.1) is 46.2 Å². The minimum Gasteiger partial charge on any atom is -0.390 e. The van der Waals surface area contributed by atoms with E-state index in [1.807, 2.05) is 13.1 Å². The molecule has 4 nitrogen and oxygen atoms in total. The van der Waals surface area contributed by atoms with Crippen molar-refractivity contribution in [1.29, 1.82) is 0 Å². The van der Waals surface area contributed by atoms with Gasteiger partial charge in [-0.15, -0.1) is 0 Å². The predicted octanol–water partition coefficient (Wildman–Crippen LogP) is 6.15. The van der Waals surface area contributed by atoms with Gasteiger partial charge in [-0.25, -0.2) is 4.39 Å². The molecule has 8 atom stereocenters. The molecular weight excluding hydrogens is 427 g/mol. The SMILES string of the molecule is C[C@@]1(O)CC[C@@]2(C)[C@@H](CC[C@@H]3[C@@H]2CC[C@]2(C)[C@@H](C(=O)Cn4cc5ccc(F)cc5n4)CC[C@@H]32)C1. The van der Waals surface area contributed by atoms with Gasteiger partial charge in [0.15, 0.2) is 5.78 Å². The van der Waals surface area contributed by atoms with Crippen LogP contribution in [0.25, 0.3) is 10.9 Å². The summed E-state index contributed by atoms with van der Waals surface area (Å²) in [6.07, 6.45) is 11.9. The average Bonchev–Trinajstić information content (AvgIpc) is 3.33. The lowest BCUT2D eigenvalue weighted by atomic mass is 9.44. The van der Waals surface area contributed by atoms with E-state index in [0.717, 1.165) is 49.3 Å². The summed E-state index contributed by atoms with van der Waals surface area (Å²) in [5.41, 5.74) is 0.549. The van der Waals surface area contributed by atoms with Crippen molar-refractivity contribution in [3.05, 3.63) is 30.2 Å². The number of halogens is 1. The number of carbonyl (C=O) groups excluding carboxylic acids is 1. The molecule has 0 radical (unpaired) electrons. The van der Waals surface area contributed by atoms with E-state index in [1.165, 1.54) is 37.8 Å². The molecule has 1 aromatic carbocycles. The third-order valence-electron chi connectivity index (χ3n) is 11.2. The van der Waals surface area contributed by atoms with Gasteiger partial charge in [-0.3, -0.25) is 9.48 Å². The molecule has 0 saturated heterocycles. The standard InChI is InChI=1S/C29H39FN2O2/c1-27(34)12-13-28(2)19(15-27)5-7-21-22-8-9-24(29(22,3)11-10-23(21)28)26(33)17-32-16-18-4-6-20(30)14-25(18)31-32/h4,6,14,16,19,21-24,34H,5,7-13,15,17H2,1-3H3/t19-,21-,22-,23-,24+,27+,28-,29-/m0/s1. The number of fused-ring (bicyclic) bond motifs is 6. The minimum absolute atomic E-state index is 0.0836. The summed E-state index contributed by atoms with van der Waals surface area (Å²) in [4.78, 5) is 13.6. The lowest BCUT2D eigenvalue weighted by Crippen LogP contribution is -2.55. The Morgan fingerprint density at radius 1 is 1.06 bits per heavy atom. The van der Waals surface area contributed by atoms with Crippen molar-refractivity contribution in [3.8, 4) is 0 Å². The van der Waals surface area contributed by atoms with Crippen molar-refractivity contribution in [3.63, 3.8) is 0 Å². The maximum absolute atomic E-state index is 13.6. The summed E-state index contributed by atoms with van der Waals surface area (Å²) < 4.78 is 15.3. The van der Waals surface area contributed by atoms with E-state index in [9.17, 15) is 14.3 Å². The molecular formula is C29H39FN2O2. The van der Waals surface area contributed by atoms with Gasteiger partial charge in [-0.2, -0.15) is 5.10 Å². The Morgan fingerprint density at radius 3 is 2.68 bits per heavy atom. The van der Waals surface area contributed by atoms with Gasteiger partial charge in [0.2, 0.25) is 0 Å². The number of aliphatic hydroxyl groups is 1. The van der Waals surface area contributed by atoms with Gasteiger partial charge < -0.3 is 5.11 Å². The first kappa shape index (κ1) is 22.7. The normalized spacial score (nSPS) is 43.9. The first-order valence-electron chi connectivity index (χ1n) is 13.5. The smallest absolute Gasteiger partial charge is 0.157 e. The summed E-state index contributed by atoms with van der Waals surface area (Å²) in [6.45, 7) is 7.24. The lowest BCUT2D eigenvalue weighted by molar-refractivity contribution is -0.151. The second-order valence-electron chi connectivity index (χ2n) is 13.0. The van der Waals surface area contributed by atoms with Gasteiger partial charge in [-0.05, 0) is 111 Å². The molecule has 0 unspecified atom stereocenters. The van der Waals surface area contributed by atoms with E-state index >= 15 is 0 Å². The molecule has 4 aliphatic carbocycles. The number of hydrogen-bond donors (Lipinski definition) is 1. The molecule has 6 rings (SSSR count).